The van der Waals surface area contributed by atoms with E-state index in [0.29, 0.717) is 30.9 Å². The quantitative estimate of drug-likeness (QED) is 0.237. The average molecular weight is 493 g/mol. The molecule has 5 rings (SSSR count). The van der Waals surface area contributed by atoms with Crippen LogP contribution in [-0.4, -0.2) is 17.1 Å². The lowest BCUT2D eigenvalue weighted by molar-refractivity contribution is 0.251. The highest BCUT2D eigenvalue weighted by Gasteiger charge is 2.23. The number of hydrogen-bond acceptors (Lipinski definition) is 4. The second-order valence-electron chi connectivity index (χ2n) is 9.43. The number of nitrogens with zero attached hydrogens (tertiary/aromatic N) is 1. The van der Waals surface area contributed by atoms with E-state index in [0.717, 1.165) is 16.9 Å². The highest BCUT2D eigenvalue weighted by Crippen LogP contribution is 2.29. The van der Waals surface area contributed by atoms with Crippen molar-refractivity contribution in [1.82, 2.24) is 15.6 Å². The van der Waals surface area contributed by atoms with Crippen LogP contribution < -0.4 is 20.7 Å². The molecule has 0 bridgehead atoms. The third kappa shape index (κ3) is 6.96. The maximum absolute atomic E-state index is 12.2. The van der Waals surface area contributed by atoms with Crippen LogP contribution >= 0.6 is 0 Å². The van der Waals surface area contributed by atoms with E-state index in [1.165, 1.54) is 29.5 Å². The van der Waals surface area contributed by atoms with E-state index in [9.17, 15) is 4.79 Å². The highest BCUT2D eigenvalue weighted by molar-refractivity contribution is 5.89. The van der Waals surface area contributed by atoms with Gasteiger partial charge in [-0.1, -0.05) is 48.5 Å². The van der Waals surface area contributed by atoms with Crippen molar-refractivity contribution in [1.29, 1.82) is 0 Å². The van der Waals surface area contributed by atoms with E-state index in [2.05, 4.69) is 70.3 Å². The predicted molar refractivity (Wildman–Crippen MR) is 147 cm³/mol. The second-order valence-corrected chi connectivity index (χ2v) is 9.43. The van der Waals surface area contributed by atoms with Gasteiger partial charge in [0.25, 0.3) is 0 Å². The Morgan fingerprint density at radius 1 is 1.00 bits per heavy atom. The monoisotopic (exact) mass is 492 g/mol. The number of nitrogens with one attached hydrogen (secondary N) is 3. The summed E-state index contributed by atoms with van der Waals surface area (Å²) in [6.45, 7) is 3.10. The average Bonchev–Trinajstić information content (AvgIpc) is 3.76. The van der Waals surface area contributed by atoms with Crippen LogP contribution in [0.25, 0.3) is 11.1 Å². The summed E-state index contributed by atoms with van der Waals surface area (Å²) >= 11 is 0. The minimum absolute atomic E-state index is 0.268. The minimum Gasteiger partial charge on any atom is -0.489 e. The van der Waals surface area contributed by atoms with Crippen molar-refractivity contribution in [2.24, 2.45) is 0 Å². The van der Waals surface area contributed by atoms with Crippen molar-refractivity contribution in [3.05, 3.63) is 114 Å². The zero-order valence-electron chi connectivity index (χ0n) is 21.0. The molecule has 37 heavy (non-hydrogen) atoms. The van der Waals surface area contributed by atoms with Crippen LogP contribution in [0.15, 0.2) is 97.3 Å². The van der Waals surface area contributed by atoms with Gasteiger partial charge in [0.1, 0.15) is 12.4 Å². The van der Waals surface area contributed by atoms with Crippen LogP contribution in [0.2, 0.25) is 0 Å². The van der Waals surface area contributed by atoms with E-state index in [1.807, 2.05) is 42.5 Å². The number of urea groups is 1. The largest absolute Gasteiger partial charge is 0.489 e. The molecule has 0 aliphatic heterocycles. The Labute approximate surface area is 218 Å². The zero-order chi connectivity index (χ0) is 25.5. The van der Waals surface area contributed by atoms with Crippen molar-refractivity contribution >= 4 is 11.7 Å². The Balaban J connectivity index is 1.18. The first-order valence-electron chi connectivity index (χ1n) is 12.7. The number of aromatic nitrogens is 1. The van der Waals surface area contributed by atoms with Crippen LogP contribution in [0.5, 0.6) is 5.75 Å². The Morgan fingerprint density at radius 2 is 1.84 bits per heavy atom. The van der Waals surface area contributed by atoms with Crippen molar-refractivity contribution in [2.45, 2.75) is 45.0 Å². The summed E-state index contributed by atoms with van der Waals surface area (Å²) < 4.78 is 6.11. The van der Waals surface area contributed by atoms with E-state index in [-0.39, 0.29) is 6.03 Å². The molecule has 1 fully saturated rings. The van der Waals surface area contributed by atoms with Gasteiger partial charge in [0.05, 0.1) is 0 Å². The third-order valence-corrected chi connectivity index (χ3v) is 6.46. The lowest BCUT2D eigenvalue weighted by atomic mass is 9.96. The number of hydrogen-bond donors (Lipinski definition) is 3. The van der Waals surface area contributed by atoms with Gasteiger partial charge in [0.15, 0.2) is 0 Å². The first-order chi connectivity index (χ1) is 18.1. The van der Waals surface area contributed by atoms with Crippen molar-refractivity contribution in [3.63, 3.8) is 0 Å². The summed E-state index contributed by atoms with van der Waals surface area (Å²) in [7, 11) is 0. The summed E-state index contributed by atoms with van der Waals surface area (Å²) in [5, 5.41) is 9.35. The summed E-state index contributed by atoms with van der Waals surface area (Å²) in [6, 6.07) is 29.0. The minimum atomic E-state index is -0.268. The number of pyridine rings is 1. The van der Waals surface area contributed by atoms with Gasteiger partial charge < -0.3 is 20.7 Å². The summed E-state index contributed by atoms with van der Waals surface area (Å²) in [5.41, 5.74) is 6.43. The number of amides is 2. The number of benzene rings is 3. The van der Waals surface area contributed by atoms with Gasteiger partial charge in [0, 0.05) is 36.7 Å². The molecule has 188 valence electrons. The molecule has 1 heterocycles. The fourth-order valence-electron chi connectivity index (χ4n) is 4.26. The van der Waals surface area contributed by atoms with Gasteiger partial charge in [-0.05, 0) is 84.0 Å². The van der Waals surface area contributed by atoms with Gasteiger partial charge in [-0.3, -0.25) is 4.98 Å². The molecule has 1 saturated carbocycles. The van der Waals surface area contributed by atoms with Crippen LogP contribution in [-0.2, 0) is 13.2 Å². The van der Waals surface area contributed by atoms with Gasteiger partial charge in [-0.15, -0.1) is 0 Å². The summed E-state index contributed by atoms with van der Waals surface area (Å²) in [4.78, 5) is 16.2. The van der Waals surface area contributed by atoms with Crippen molar-refractivity contribution < 1.29 is 9.53 Å². The third-order valence-electron chi connectivity index (χ3n) is 6.46. The highest BCUT2D eigenvalue weighted by atomic mass is 16.5. The topological polar surface area (TPSA) is 75.3 Å². The lowest BCUT2D eigenvalue weighted by Gasteiger charge is -2.16. The number of rotatable bonds is 10. The first-order valence-corrected chi connectivity index (χ1v) is 12.7. The predicted octanol–water partition coefficient (Wildman–Crippen LogP) is 6.46. The van der Waals surface area contributed by atoms with Crippen LogP contribution in [0.4, 0.5) is 10.5 Å². The molecule has 0 saturated heterocycles. The zero-order valence-corrected chi connectivity index (χ0v) is 21.0. The molecular formula is C31H32N4O2. The molecule has 4 aromatic rings. The maximum atomic E-state index is 12.2. The van der Waals surface area contributed by atoms with Crippen LogP contribution in [0, 0.1) is 0 Å². The van der Waals surface area contributed by atoms with E-state index >= 15 is 0 Å². The Hall–Kier alpha value is -4.16. The van der Waals surface area contributed by atoms with Gasteiger partial charge >= 0.3 is 6.03 Å². The SMILES string of the molecule is CC(NC1CC1)c1cccc(-c2ccccc2COc2ccc(NC(=O)NCc3cccnc3)cc2)c1. The molecule has 3 N–H and O–H groups in total. The standard InChI is InChI=1S/C31H32N4O2/c1-22(34-27-11-12-27)24-8-4-9-25(18-24)30-10-3-2-7-26(30)21-37-29-15-13-28(14-16-29)35-31(36)33-20-23-6-5-17-32-19-23/h2-10,13-19,22,27,34H,11-12,20-21H2,1H3,(H2,33,35,36). The van der Waals surface area contributed by atoms with Gasteiger partial charge in [0.2, 0.25) is 0 Å². The normalized spacial score (nSPS) is 13.5. The van der Waals surface area contributed by atoms with Crippen LogP contribution in [0.3, 0.4) is 0 Å². The fraction of sp³-hybridized carbons (Fsp3) is 0.226. The van der Waals surface area contributed by atoms with Crippen molar-refractivity contribution in [3.8, 4) is 16.9 Å². The molecule has 6 nitrogen and oxygen atoms in total. The maximum Gasteiger partial charge on any atom is 0.319 e. The van der Waals surface area contributed by atoms with Crippen molar-refractivity contribution in [2.75, 3.05) is 5.32 Å². The number of ether oxygens (including phenoxy) is 1. The van der Waals surface area contributed by atoms with Gasteiger partial charge in [-0.25, -0.2) is 4.79 Å². The Bertz CT molecular complexity index is 1320. The molecule has 1 aliphatic rings. The molecule has 0 radical (unpaired) electrons. The number of carbonyl (C=O) groups excluding carboxylic acids is 1. The second kappa shape index (κ2) is 11.7. The summed E-state index contributed by atoms with van der Waals surface area (Å²) in [5.74, 6) is 0.743. The number of carbonyl (C=O) groups is 1. The molecule has 1 aromatic heterocycles. The molecule has 2 amide bonds. The molecule has 3 aromatic carbocycles. The Morgan fingerprint density at radius 3 is 2.62 bits per heavy atom. The molecule has 6 heteroatoms. The summed E-state index contributed by atoms with van der Waals surface area (Å²) in [6.07, 6.45) is 5.99. The smallest absolute Gasteiger partial charge is 0.319 e. The van der Waals surface area contributed by atoms with E-state index < -0.39 is 0 Å². The fourth-order valence-corrected chi connectivity index (χ4v) is 4.26. The van der Waals surface area contributed by atoms with E-state index in [1.54, 1.807) is 12.4 Å². The molecule has 1 unspecified atom stereocenters. The lowest BCUT2D eigenvalue weighted by Crippen LogP contribution is -2.28. The number of anilines is 1. The van der Waals surface area contributed by atoms with E-state index in [4.69, 9.17) is 4.74 Å². The molecule has 1 aliphatic carbocycles. The first kappa shape index (κ1) is 24.5. The molecular weight excluding hydrogens is 460 g/mol. The molecule has 0 spiro atoms. The molecule has 1 atom stereocenters. The Kier molecular flexibility index (Phi) is 7.77. The van der Waals surface area contributed by atoms with Gasteiger partial charge in [-0.2, -0.15) is 0 Å². The van der Waals surface area contributed by atoms with Crippen LogP contribution in [0.1, 0.15) is 42.5 Å².